The summed E-state index contributed by atoms with van der Waals surface area (Å²) in [6.45, 7) is 1.41. The first kappa shape index (κ1) is 14.4. The van der Waals surface area contributed by atoms with Gasteiger partial charge in [0.25, 0.3) is 0 Å². The Bertz CT molecular complexity index is 563. The molecule has 0 aromatic heterocycles. The van der Waals surface area contributed by atoms with Crippen molar-refractivity contribution < 1.29 is 22.8 Å². The molecule has 20 heavy (non-hydrogen) atoms. The summed E-state index contributed by atoms with van der Waals surface area (Å²) < 4.78 is 39.8. The van der Waals surface area contributed by atoms with Gasteiger partial charge in [0, 0.05) is 0 Å². The molecule has 108 valence electrons. The van der Waals surface area contributed by atoms with E-state index in [9.17, 15) is 22.8 Å². The summed E-state index contributed by atoms with van der Waals surface area (Å²) in [5.41, 5.74) is -0.426. The van der Waals surface area contributed by atoms with Gasteiger partial charge in [-0.3, -0.25) is 14.5 Å². The summed E-state index contributed by atoms with van der Waals surface area (Å²) in [5, 5.41) is 2.49. The number of carbonyl (C=O) groups excluding carboxylic acids is 2. The third kappa shape index (κ3) is 2.48. The quantitative estimate of drug-likeness (QED) is 0.860. The fourth-order valence-electron chi connectivity index (χ4n) is 2.12. The molecule has 7 heteroatoms. The van der Waals surface area contributed by atoms with Crippen LogP contribution >= 0.6 is 0 Å². The lowest BCUT2D eigenvalue weighted by atomic mass is 10.1. The van der Waals surface area contributed by atoms with Crippen LogP contribution in [-0.2, 0) is 9.59 Å². The Kier molecular flexibility index (Phi) is 3.96. The number of anilines is 1. The highest BCUT2D eigenvalue weighted by Gasteiger charge is 2.34. The van der Waals surface area contributed by atoms with E-state index in [1.54, 1.807) is 0 Å². The number of rotatable bonds is 3. The maximum absolute atomic E-state index is 13.7. The molecule has 1 aliphatic rings. The second kappa shape index (κ2) is 5.52. The molecule has 0 aliphatic carbocycles. The van der Waals surface area contributed by atoms with Gasteiger partial charge in [-0.1, -0.05) is 13.3 Å². The lowest BCUT2D eigenvalue weighted by Crippen LogP contribution is -2.58. The maximum atomic E-state index is 13.7. The lowest BCUT2D eigenvalue weighted by molar-refractivity contribution is -0.131. The fourth-order valence-corrected chi connectivity index (χ4v) is 2.12. The molecule has 1 aromatic carbocycles. The molecule has 1 aliphatic heterocycles. The van der Waals surface area contributed by atoms with Crippen molar-refractivity contribution in [2.45, 2.75) is 25.8 Å². The molecular weight excluding hydrogens is 273 g/mol. The third-order valence-electron chi connectivity index (χ3n) is 3.08. The molecule has 1 aromatic rings. The summed E-state index contributed by atoms with van der Waals surface area (Å²) in [4.78, 5) is 24.5. The molecule has 0 radical (unpaired) electrons. The highest BCUT2D eigenvalue weighted by atomic mass is 19.2. The average molecular weight is 286 g/mol. The molecule has 0 spiro atoms. The highest BCUT2D eigenvalue weighted by molar-refractivity contribution is 6.06. The number of nitrogens with one attached hydrogen (secondary N) is 1. The van der Waals surface area contributed by atoms with Gasteiger partial charge in [0.2, 0.25) is 11.8 Å². The van der Waals surface area contributed by atoms with E-state index in [1.807, 2.05) is 6.92 Å². The Balaban J connectivity index is 2.38. The Labute approximate surface area is 113 Å². The summed E-state index contributed by atoms with van der Waals surface area (Å²) in [6, 6.07) is 0.907. The molecule has 1 unspecified atom stereocenters. The summed E-state index contributed by atoms with van der Waals surface area (Å²) in [6.07, 6.45) is 1.04. The first-order valence-electron chi connectivity index (χ1n) is 6.20. The van der Waals surface area contributed by atoms with Crippen LogP contribution in [0.5, 0.6) is 0 Å². The van der Waals surface area contributed by atoms with Crippen LogP contribution in [0, 0.1) is 17.5 Å². The number of carbonyl (C=O) groups is 2. The predicted molar refractivity (Wildman–Crippen MR) is 65.5 cm³/mol. The SMILES string of the molecule is CCCC1NC(=O)CN(c2ccc(F)c(F)c2F)C1=O. The Morgan fingerprint density at radius 1 is 1.25 bits per heavy atom. The van der Waals surface area contributed by atoms with Crippen molar-refractivity contribution in [3.8, 4) is 0 Å². The summed E-state index contributed by atoms with van der Waals surface area (Å²) in [7, 11) is 0. The van der Waals surface area contributed by atoms with Crippen molar-refractivity contribution in [1.82, 2.24) is 5.32 Å². The second-order valence-corrected chi connectivity index (χ2v) is 4.53. The van der Waals surface area contributed by atoms with Crippen LogP contribution in [0.3, 0.4) is 0 Å². The molecular formula is C13H13F3N2O2. The minimum absolute atomic E-state index is 0.395. The van der Waals surface area contributed by atoms with Crippen LogP contribution in [0.15, 0.2) is 12.1 Å². The van der Waals surface area contributed by atoms with Gasteiger partial charge < -0.3 is 5.32 Å². The molecule has 1 saturated heterocycles. The van der Waals surface area contributed by atoms with Crippen molar-refractivity contribution in [3.05, 3.63) is 29.6 Å². The number of halogens is 3. The zero-order chi connectivity index (χ0) is 14.9. The molecule has 0 bridgehead atoms. The Morgan fingerprint density at radius 2 is 1.95 bits per heavy atom. The van der Waals surface area contributed by atoms with E-state index in [0.717, 1.165) is 17.0 Å². The number of amides is 2. The Morgan fingerprint density at radius 3 is 2.60 bits per heavy atom. The molecule has 1 fully saturated rings. The second-order valence-electron chi connectivity index (χ2n) is 4.53. The number of nitrogens with zero attached hydrogens (tertiary/aromatic N) is 1. The van der Waals surface area contributed by atoms with Crippen molar-refractivity contribution in [2.24, 2.45) is 0 Å². The van der Waals surface area contributed by atoms with Gasteiger partial charge in [-0.25, -0.2) is 13.2 Å². The van der Waals surface area contributed by atoms with Gasteiger partial charge in [0.1, 0.15) is 12.6 Å². The monoisotopic (exact) mass is 286 g/mol. The topological polar surface area (TPSA) is 49.4 Å². The first-order valence-corrected chi connectivity index (χ1v) is 6.20. The number of piperazine rings is 1. The van der Waals surface area contributed by atoms with Crippen LogP contribution in [0.4, 0.5) is 18.9 Å². The van der Waals surface area contributed by atoms with Gasteiger partial charge in [-0.2, -0.15) is 0 Å². The molecule has 2 rings (SSSR count). The summed E-state index contributed by atoms with van der Waals surface area (Å²) >= 11 is 0. The van der Waals surface area contributed by atoms with E-state index < -0.39 is 47.5 Å². The molecule has 1 heterocycles. The largest absolute Gasteiger partial charge is 0.343 e. The first-order chi connectivity index (χ1) is 9.45. The number of hydrogen-bond donors (Lipinski definition) is 1. The van der Waals surface area contributed by atoms with Crippen LogP contribution < -0.4 is 10.2 Å². The van der Waals surface area contributed by atoms with Gasteiger partial charge in [0.05, 0.1) is 5.69 Å². The number of benzene rings is 1. The Hall–Kier alpha value is -2.05. The fraction of sp³-hybridized carbons (Fsp3) is 0.385. The highest BCUT2D eigenvalue weighted by Crippen LogP contribution is 2.25. The average Bonchev–Trinajstić information content (AvgIpc) is 2.41. The summed E-state index contributed by atoms with van der Waals surface area (Å²) in [5.74, 6) is -5.47. The van der Waals surface area contributed by atoms with Crippen molar-refractivity contribution >= 4 is 17.5 Å². The van der Waals surface area contributed by atoms with Gasteiger partial charge >= 0.3 is 0 Å². The van der Waals surface area contributed by atoms with Gasteiger partial charge in [-0.05, 0) is 18.6 Å². The van der Waals surface area contributed by atoms with Gasteiger partial charge in [0.15, 0.2) is 17.5 Å². The van der Waals surface area contributed by atoms with Crippen molar-refractivity contribution in [1.29, 1.82) is 0 Å². The zero-order valence-electron chi connectivity index (χ0n) is 10.8. The van der Waals surface area contributed by atoms with E-state index in [4.69, 9.17) is 0 Å². The normalized spacial score (nSPS) is 19.2. The molecule has 1 atom stereocenters. The standard InChI is InChI=1S/C13H13F3N2O2/c1-2-3-8-13(20)18(6-10(19)17-8)9-5-4-7(14)11(15)12(9)16/h4-5,8H,2-3,6H2,1H3,(H,17,19). The van der Waals surface area contributed by atoms with Crippen LogP contribution in [0.25, 0.3) is 0 Å². The number of hydrogen-bond acceptors (Lipinski definition) is 2. The van der Waals surface area contributed by atoms with E-state index in [-0.39, 0.29) is 0 Å². The molecule has 2 amide bonds. The zero-order valence-corrected chi connectivity index (χ0v) is 10.8. The van der Waals surface area contributed by atoms with Crippen molar-refractivity contribution in [2.75, 3.05) is 11.4 Å². The molecule has 4 nitrogen and oxygen atoms in total. The molecule has 1 N–H and O–H groups in total. The van der Waals surface area contributed by atoms with E-state index in [0.29, 0.717) is 12.8 Å². The van der Waals surface area contributed by atoms with Gasteiger partial charge in [-0.15, -0.1) is 0 Å². The van der Waals surface area contributed by atoms with E-state index >= 15 is 0 Å². The third-order valence-corrected chi connectivity index (χ3v) is 3.08. The maximum Gasteiger partial charge on any atom is 0.250 e. The predicted octanol–water partition coefficient (Wildman–Crippen LogP) is 1.74. The van der Waals surface area contributed by atoms with Crippen molar-refractivity contribution in [3.63, 3.8) is 0 Å². The minimum Gasteiger partial charge on any atom is -0.343 e. The van der Waals surface area contributed by atoms with E-state index in [2.05, 4.69) is 5.32 Å². The van der Waals surface area contributed by atoms with E-state index in [1.165, 1.54) is 0 Å². The van der Waals surface area contributed by atoms with Crippen LogP contribution in [-0.4, -0.2) is 24.4 Å². The van der Waals surface area contributed by atoms with Crippen LogP contribution in [0.1, 0.15) is 19.8 Å². The van der Waals surface area contributed by atoms with Crippen LogP contribution in [0.2, 0.25) is 0 Å². The lowest BCUT2D eigenvalue weighted by Gasteiger charge is -2.32. The minimum atomic E-state index is -1.66. The smallest absolute Gasteiger partial charge is 0.250 e. The molecule has 0 saturated carbocycles.